The van der Waals surface area contributed by atoms with Gasteiger partial charge in [-0.2, -0.15) is 0 Å². The SMILES string of the molecule is CC1(CN2CCC(F)(c3ccccc3F)C2)CCNC1.Cl. The van der Waals surface area contributed by atoms with Gasteiger partial charge in [-0.1, -0.05) is 25.1 Å². The molecule has 1 aromatic rings. The Kier molecular flexibility index (Phi) is 4.91. The van der Waals surface area contributed by atoms with E-state index in [0.717, 1.165) is 26.1 Å². The average Bonchev–Trinajstić information content (AvgIpc) is 2.98. The van der Waals surface area contributed by atoms with Crippen LogP contribution in [0.3, 0.4) is 0 Å². The Morgan fingerprint density at radius 2 is 2.05 bits per heavy atom. The molecular weight excluding hydrogens is 294 g/mol. The summed E-state index contributed by atoms with van der Waals surface area (Å²) in [6.07, 6.45) is 1.51. The Balaban J connectivity index is 0.00000161. The summed E-state index contributed by atoms with van der Waals surface area (Å²) in [7, 11) is 0. The summed E-state index contributed by atoms with van der Waals surface area (Å²) in [6, 6.07) is 6.25. The number of nitrogens with zero attached hydrogens (tertiary/aromatic N) is 1. The topological polar surface area (TPSA) is 15.3 Å². The molecule has 5 heteroatoms. The summed E-state index contributed by atoms with van der Waals surface area (Å²) in [4.78, 5) is 2.15. The number of hydrogen-bond donors (Lipinski definition) is 1. The molecule has 2 fully saturated rings. The van der Waals surface area contributed by atoms with Crippen LogP contribution in [0.25, 0.3) is 0 Å². The van der Waals surface area contributed by atoms with Crippen LogP contribution in [-0.2, 0) is 5.67 Å². The normalized spacial score (nSPS) is 33.1. The van der Waals surface area contributed by atoms with Gasteiger partial charge in [0.2, 0.25) is 0 Å². The minimum Gasteiger partial charge on any atom is -0.316 e. The van der Waals surface area contributed by atoms with Gasteiger partial charge in [0.25, 0.3) is 0 Å². The van der Waals surface area contributed by atoms with Gasteiger partial charge in [0.05, 0.1) is 0 Å². The Morgan fingerprint density at radius 3 is 2.71 bits per heavy atom. The molecule has 1 aromatic carbocycles. The summed E-state index contributed by atoms with van der Waals surface area (Å²) in [5, 5.41) is 3.37. The van der Waals surface area contributed by atoms with E-state index in [-0.39, 0.29) is 23.4 Å². The lowest BCUT2D eigenvalue weighted by Crippen LogP contribution is -2.37. The summed E-state index contributed by atoms with van der Waals surface area (Å²) in [6.45, 7) is 6.18. The number of rotatable bonds is 3. The number of nitrogens with one attached hydrogen (secondary N) is 1. The molecule has 0 bridgehead atoms. The van der Waals surface area contributed by atoms with E-state index in [1.54, 1.807) is 18.2 Å². The maximum Gasteiger partial charge on any atom is 0.152 e. The first-order chi connectivity index (χ1) is 9.51. The molecule has 118 valence electrons. The maximum absolute atomic E-state index is 15.1. The molecule has 2 unspecified atom stereocenters. The molecule has 2 aliphatic rings. The van der Waals surface area contributed by atoms with Crippen molar-refractivity contribution in [2.45, 2.75) is 25.4 Å². The van der Waals surface area contributed by atoms with Crippen molar-refractivity contribution < 1.29 is 8.78 Å². The number of likely N-dealkylation sites (tertiary alicyclic amines) is 1. The van der Waals surface area contributed by atoms with Crippen molar-refractivity contribution in [3.8, 4) is 0 Å². The Labute approximate surface area is 131 Å². The lowest BCUT2D eigenvalue weighted by atomic mass is 9.89. The Bertz CT molecular complexity index is 491. The smallest absolute Gasteiger partial charge is 0.152 e. The second-order valence-corrected chi connectivity index (χ2v) is 6.64. The van der Waals surface area contributed by atoms with Crippen LogP contribution < -0.4 is 5.32 Å². The molecule has 0 aromatic heterocycles. The van der Waals surface area contributed by atoms with Gasteiger partial charge in [0, 0.05) is 31.7 Å². The van der Waals surface area contributed by atoms with E-state index >= 15 is 4.39 Å². The van der Waals surface area contributed by atoms with E-state index in [1.165, 1.54) is 6.07 Å². The minimum absolute atomic E-state index is 0. The molecule has 3 rings (SSSR count). The van der Waals surface area contributed by atoms with Crippen LogP contribution in [0.15, 0.2) is 24.3 Å². The highest BCUT2D eigenvalue weighted by Gasteiger charge is 2.43. The van der Waals surface area contributed by atoms with Crippen molar-refractivity contribution in [3.05, 3.63) is 35.6 Å². The molecule has 0 saturated carbocycles. The van der Waals surface area contributed by atoms with Crippen molar-refractivity contribution in [3.63, 3.8) is 0 Å². The number of halogens is 3. The zero-order chi connectivity index (χ0) is 14.2. The molecule has 2 aliphatic heterocycles. The van der Waals surface area contributed by atoms with E-state index in [4.69, 9.17) is 0 Å². The van der Waals surface area contributed by atoms with Crippen molar-refractivity contribution in [1.29, 1.82) is 0 Å². The lowest BCUT2D eigenvalue weighted by molar-refractivity contribution is 0.140. The van der Waals surface area contributed by atoms with Gasteiger partial charge in [-0.25, -0.2) is 8.78 Å². The predicted octanol–water partition coefficient (Wildman–Crippen LogP) is 3.12. The molecule has 0 radical (unpaired) electrons. The van der Waals surface area contributed by atoms with Gasteiger partial charge in [0.1, 0.15) is 5.82 Å². The fourth-order valence-electron chi connectivity index (χ4n) is 3.57. The third kappa shape index (κ3) is 3.38. The van der Waals surface area contributed by atoms with Crippen molar-refractivity contribution in [2.24, 2.45) is 5.41 Å². The monoisotopic (exact) mass is 316 g/mol. The van der Waals surface area contributed by atoms with Gasteiger partial charge in [-0.05, 0) is 30.9 Å². The second kappa shape index (κ2) is 6.19. The van der Waals surface area contributed by atoms with Gasteiger partial charge < -0.3 is 5.32 Å². The van der Waals surface area contributed by atoms with Crippen LogP contribution in [0, 0.1) is 11.2 Å². The summed E-state index contributed by atoms with van der Waals surface area (Å²) in [5.74, 6) is -0.425. The van der Waals surface area contributed by atoms with Gasteiger partial charge in [0.15, 0.2) is 5.67 Å². The van der Waals surface area contributed by atoms with Crippen LogP contribution in [-0.4, -0.2) is 37.6 Å². The maximum atomic E-state index is 15.1. The highest BCUT2D eigenvalue weighted by atomic mass is 35.5. The quantitative estimate of drug-likeness (QED) is 0.921. The van der Waals surface area contributed by atoms with E-state index in [1.807, 2.05) is 0 Å². The molecule has 2 saturated heterocycles. The van der Waals surface area contributed by atoms with Crippen molar-refractivity contribution in [1.82, 2.24) is 10.2 Å². The van der Waals surface area contributed by atoms with Crippen molar-refractivity contribution >= 4 is 12.4 Å². The predicted molar refractivity (Wildman–Crippen MR) is 83.1 cm³/mol. The summed E-state index contributed by atoms with van der Waals surface area (Å²) < 4.78 is 28.9. The highest BCUT2D eigenvalue weighted by molar-refractivity contribution is 5.85. The second-order valence-electron chi connectivity index (χ2n) is 6.64. The first-order valence-electron chi connectivity index (χ1n) is 7.38. The van der Waals surface area contributed by atoms with Crippen LogP contribution >= 0.6 is 12.4 Å². The molecule has 2 atom stereocenters. The van der Waals surface area contributed by atoms with E-state index in [9.17, 15) is 4.39 Å². The number of hydrogen-bond acceptors (Lipinski definition) is 2. The third-order valence-electron chi connectivity index (χ3n) is 4.72. The largest absolute Gasteiger partial charge is 0.316 e. The molecule has 0 spiro atoms. The van der Waals surface area contributed by atoms with E-state index in [2.05, 4.69) is 17.1 Å². The molecule has 2 heterocycles. The number of benzene rings is 1. The molecular formula is C16H23ClF2N2. The fraction of sp³-hybridized carbons (Fsp3) is 0.625. The lowest BCUT2D eigenvalue weighted by Gasteiger charge is -2.29. The van der Waals surface area contributed by atoms with Gasteiger partial charge in [-0.3, -0.25) is 4.90 Å². The Morgan fingerprint density at radius 1 is 1.29 bits per heavy atom. The Hall–Kier alpha value is -0.710. The molecule has 0 aliphatic carbocycles. The zero-order valence-corrected chi connectivity index (χ0v) is 13.2. The number of alkyl halides is 1. The van der Waals surface area contributed by atoms with Gasteiger partial charge in [-0.15, -0.1) is 12.4 Å². The van der Waals surface area contributed by atoms with Crippen LogP contribution in [0.1, 0.15) is 25.3 Å². The van der Waals surface area contributed by atoms with Crippen LogP contribution in [0.4, 0.5) is 8.78 Å². The molecule has 0 amide bonds. The van der Waals surface area contributed by atoms with Crippen LogP contribution in [0.2, 0.25) is 0 Å². The standard InChI is InChI=1S/C16H22F2N2.ClH/c1-15(6-8-19-10-15)11-20-9-7-16(18,12-20)13-4-2-3-5-14(13)17;/h2-5,19H,6-12H2,1H3;1H. The minimum atomic E-state index is -1.53. The zero-order valence-electron chi connectivity index (χ0n) is 12.4. The first kappa shape index (κ1) is 16.7. The average molecular weight is 317 g/mol. The van der Waals surface area contributed by atoms with Crippen LogP contribution in [0.5, 0.6) is 0 Å². The van der Waals surface area contributed by atoms with E-state index < -0.39 is 11.5 Å². The molecule has 1 N–H and O–H groups in total. The summed E-state index contributed by atoms with van der Waals surface area (Å²) in [5.41, 5.74) is -1.09. The third-order valence-corrected chi connectivity index (χ3v) is 4.72. The summed E-state index contributed by atoms with van der Waals surface area (Å²) >= 11 is 0. The highest BCUT2D eigenvalue weighted by Crippen LogP contribution is 2.39. The molecule has 2 nitrogen and oxygen atoms in total. The molecule has 21 heavy (non-hydrogen) atoms. The fourth-order valence-corrected chi connectivity index (χ4v) is 3.57. The first-order valence-corrected chi connectivity index (χ1v) is 7.38. The van der Waals surface area contributed by atoms with Gasteiger partial charge >= 0.3 is 0 Å². The van der Waals surface area contributed by atoms with Crippen molar-refractivity contribution in [2.75, 3.05) is 32.7 Å². The van der Waals surface area contributed by atoms with E-state index in [0.29, 0.717) is 19.5 Å².